The molecule has 30 heavy (non-hydrogen) atoms. The molecule has 3 N–H and O–H groups in total. The number of sulfonamides is 1. The summed E-state index contributed by atoms with van der Waals surface area (Å²) in [5.74, 6) is -0.866. The molecule has 0 fully saturated rings. The number of hydrogen-bond donors (Lipinski definition) is 3. The van der Waals surface area contributed by atoms with Crippen molar-refractivity contribution in [1.29, 1.82) is 0 Å². The molecule has 0 saturated heterocycles. The SMILES string of the molecule is O=C(N[C@H](CO)c1ccccc1)c1ccc(CNS(=O)(=O)c2ccc(F)cc2)cc1. The van der Waals surface area contributed by atoms with E-state index in [9.17, 15) is 22.7 Å². The second-order valence-electron chi connectivity index (χ2n) is 6.59. The normalized spacial score (nSPS) is 12.3. The number of benzene rings is 3. The third kappa shape index (κ3) is 5.50. The number of rotatable bonds is 8. The number of aliphatic hydroxyl groups excluding tert-OH is 1. The van der Waals surface area contributed by atoms with E-state index < -0.39 is 21.9 Å². The van der Waals surface area contributed by atoms with E-state index in [0.717, 1.165) is 17.7 Å². The molecule has 6 nitrogen and oxygen atoms in total. The van der Waals surface area contributed by atoms with Gasteiger partial charge in [0.2, 0.25) is 10.0 Å². The number of halogens is 1. The number of amides is 1. The first-order chi connectivity index (χ1) is 14.4. The van der Waals surface area contributed by atoms with Gasteiger partial charge in [0.05, 0.1) is 17.5 Å². The maximum Gasteiger partial charge on any atom is 0.251 e. The van der Waals surface area contributed by atoms with Crippen LogP contribution in [0.1, 0.15) is 27.5 Å². The Balaban J connectivity index is 1.61. The molecule has 0 radical (unpaired) electrons. The van der Waals surface area contributed by atoms with Gasteiger partial charge in [-0.2, -0.15) is 0 Å². The highest BCUT2D eigenvalue weighted by molar-refractivity contribution is 7.89. The minimum Gasteiger partial charge on any atom is -0.394 e. The molecule has 0 aliphatic carbocycles. The van der Waals surface area contributed by atoms with Gasteiger partial charge in [0.1, 0.15) is 5.82 Å². The van der Waals surface area contributed by atoms with Crippen molar-refractivity contribution in [2.45, 2.75) is 17.5 Å². The fourth-order valence-electron chi connectivity index (χ4n) is 2.81. The molecule has 8 heteroatoms. The van der Waals surface area contributed by atoms with Gasteiger partial charge in [-0.25, -0.2) is 17.5 Å². The lowest BCUT2D eigenvalue weighted by atomic mass is 10.1. The minimum absolute atomic E-state index is 0.0187. The summed E-state index contributed by atoms with van der Waals surface area (Å²) >= 11 is 0. The van der Waals surface area contributed by atoms with Gasteiger partial charge in [0, 0.05) is 12.1 Å². The Morgan fingerprint density at radius 1 is 0.933 bits per heavy atom. The Bertz CT molecular complexity index is 1090. The molecular weight excluding hydrogens is 407 g/mol. The molecule has 0 bridgehead atoms. The first-order valence-electron chi connectivity index (χ1n) is 9.20. The van der Waals surface area contributed by atoms with Gasteiger partial charge in [0.15, 0.2) is 0 Å². The number of hydrogen-bond acceptors (Lipinski definition) is 4. The van der Waals surface area contributed by atoms with Crippen LogP contribution in [0.4, 0.5) is 4.39 Å². The molecule has 0 aliphatic rings. The summed E-state index contributed by atoms with van der Waals surface area (Å²) < 4.78 is 39.9. The average Bonchev–Trinajstić information content (AvgIpc) is 2.77. The fourth-order valence-corrected chi connectivity index (χ4v) is 3.83. The van der Waals surface area contributed by atoms with Crippen molar-refractivity contribution in [3.8, 4) is 0 Å². The summed E-state index contributed by atoms with van der Waals surface area (Å²) in [5, 5.41) is 12.3. The van der Waals surface area contributed by atoms with Gasteiger partial charge in [-0.3, -0.25) is 4.79 Å². The summed E-state index contributed by atoms with van der Waals surface area (Å²) in [4.78, 5) is 12.4. The number of carbonyl (C=O) groups is 1. The third-order valence-electron chi connectivity index (χ3n) is 4.50. The van der Waals surface area contributed by atoms with Crippen LogP contribution in [0.15, 0.2) is 83.8 Å². The van der Waals surface area contributed by atoms with Crippen molar-refractivity contribution in [3.05, 3.63) is 101 Å². The highest BCUT2D eigenvalue weighted by atomic mass is 32.2. The molecule has 0 aromatic heterocycles. The van der Waals surface area contributed by atoms with Gasteiger partial charge < -0.3 is 10.4 Å². The highest BCUT2D eigenvalue weighted by Crippen LogP contribution is 2.14. The summed E-state index contributed by atoms with van der Waals surface area (Å²) in [5.41, 5.74) is 1.83. The fraction of sp³-hybridized carbons (Fsp3) is 0.136. The van der Waals surface area contributed by atoms with Crippen LogP contribution in [0.5, 0.6) is 0 Å². The van der Waals surface area contributed by atoms with Crippen LogP contribution >= 0.6 is 0 Å². The maximum atomic E-state index is 13.0. The zero-order valence-corrected chi connectivity index (χ0v) is 16.8. The molecule has 1 amide bonds. The van der Waals surface area contributed by atoms with E-state index in [0.29, 0.717) is 11.1 Å². The van der Waals surface area contributed by atoms with Crippen LogP contribution < -0.4 is 10.0 Å². The smallest absolute Gasteiger partial charge is 0.251 e. The van der Waals surface area contributed by atoms with Gasteiger partial charge >= 0.3 is 0 Å². The molecule has 3 aromatic carbocycles. The van der Waals surface area contributed by atoms with Gasteiger partial charge in [-0.1, -0.05) is 42.5 Å². The highest BCUT2D eigenvalue weighted by Gasteiger charge is 2.16. The second kappa shape index (κ2) is 9.62. The molecule has 0 unspecified atom stereocenters. The van der Waals surface area contributed by atoms with Crippen LogP contribution in [-0.4, -0.2) is 26.0 Å². The standard InChI is InChI=1S/C22H21FN2O4S/c23-19-10-12-20(13-11-19)30(28,29)24-14-16-6-8-18(9-7-16)22(27)25-21(15-26)17-4-2-1-3-5-17/h1-13,21,24,26H,14-15H2,(H,25,27)/t21-/m1/s1. The zero-order chi connectivity index (χ0) is 21.6. The molecule has 0 spiro atoms. The Kier molecular flexibility index (Phi) is 6.94. The Morgan fingerprint density at radius 3 is 2.17 bits per heavy atom. The zero-order valence-electron chi connectivity index (χ0n) is 16.0. The van der Waals surface area contributed by atoms with Crippen molar-refractivity contribution in [3.63, 3.8) is 0 Å². The lowest BCUT2D eigenvalue weighted by Crippen LogP contribution is -2.30. The van der Waals surface area contributed by atoms with E-state index >= 15 is 0 Å². The Hall–Kier alpha value is -3.07. The summed E-state index contributed by atoms with van der Waals surface area (Å²) in [6.07, 6.45) is 0. The molecule has 156 valence electrons. The molecule has 0 saturated carbocycles. The van der Waals surface area contributed by atoms with Crippen LogP contribution in [0.25, 0.3) is 0 Å². The van der Waals surface area contributed by atoms with Crippen LogP contribution in [-0.2, 0) is 16.6 Å². The third-order valence-corrected chi connectivity index (χ3v) is 5.91. The first-order valence-corrected chi connectivity index (χ1v) is 10.7. The Labute approximate surface area is 174 Å². The molecule has 0 heterocycles. The van der Waals surface area contributed by atoms with Crippen molar-refractivity contribution < 1.29 is 22.7 Å². The van der Waals surface area contributed by atoms with Crippen LogP contribution in [0.3, 0.4) is 0 Å². The second-order valence-corrected chi connectivity index (χ2v) is 8.36. The molecule has 1 atom stereocenters. The van der Waals surface area contributed by atoms with Crippen molar-refractivity contribution in [1.82, 2.24) is 10.0 Å². The predicted octanol–water partition coefficient (Wildman–Crippen LogP) is 2.77. The van der Waals surface area contributed by atoms with Crippen LogP contribution in [0.2, 0.25) is 0 Å². The van der Waals surface area contributed by atoms with E-state index in [2.05, 4.69) is 10.0 Å². The summed E-state index contributed by atoms with van der Waals surface area (Å²) in [7, 11) is -3.78. The molecule has 3 rings (SSSR count). The number of carbonyl (C=O) groups excluding carboxylic acids is 1. The van der Waals surface area contributed by atoms with E-state index in [-0.39, 0.29) is 24.0 Å². The van der Waals surface area contributed by atoms with E-state index in [1.807, 2.05) is 30.3 Å². The average molecular weight is 428 g/mol. The quantitative estimate of drug-likeness (QED) is 0.514. The topological polar surface area (TPSA) is 95.5 Å². The lowest BCUT2D eigenvalue weighted by Gasteiger charge is -2.17. The predicted molar refractivity (Wildman–Crippen MR) is 111 cm³/mol. The molecular formula is C22H21FN2O4S. The summed E-state index contributed by atoms with van der Waals surface area (Å²) in [6, 6.07) is 19.6. The van der Waals surface area contributed by atoms with E-state index in [1.54, 1.807) is 24.3 Å². The largest absolute Gasteiger partial charge is 0.394 e. The van der Waals surface area contributed by atoms with Crippen LogP contribution in [0, 0.1) is 5.82 Å². The molecule has 0 aliphatic heterocycles. The maximum absolute atomic E-state index is 13.0. The number of aliphatic hydroxyl groups is 1. The minimum atomic E-state index is -3.78. The van der Waals surface area contributed by atoms with Gasteiger partial charge in [-0.05, 0) is 47.5 Å². The van der Waals surface area contributed by atoms with Gasteiger partial charge in [-0.15, -0.1) is 0 Å². The van der Waals surface area contributed by atoms with Crippen molar-refractivity contribution >= 4 is 15.9 Å². The summed E-state index contributed by atoms with van der Waals surface area (Å²) in [6.45, 7) is -0.218. The Morgan fingerprint density at radius 2 is 1.57 bits per heavy atom. The van der Waals surface area contributed by atoms with Gasteiger partial charge in [0.25, 0.3) is 5.91 Å². The number of nitrogens with one attached hydrogen (secondary N) is 2. The van der Waals surface area contributed by atoms with E-state index in [4.69, 9.17) is 0 Å². The van der Waals surface area contributed by atoms with E-state index in [1.165, 1.54) is 12.1 Å². The molecule has 3 aromatic rings. The van der Waals surface area contributed by atoms with Crippen molar-refractivity contribution in [2.24, 2.45) is 0 Å². The monoisotopic (exact) mass is 428 g/mol. The first kappa shape index (κ1) is 21.6. The van der Waals surface area contributed by atoms with Crippen molar-refractivity contribution in [2.75, 3.05) is 6.61 Å². The lowest BCUT2D eigenvalue weighted by molar-refractivity contribution is 0.0916.